The minimum Gasteiger partial charge on any atom is -0.469 e. The molecule has 0 radical (unpaired) electrons. The van der Waals surface area contributed by atoms with Gasteiger partial charge < -0.3 is 34.9 Å². The Kier molecular flexibility index (Phi) is 83.7. The van der Waals surface area contributed by atoms with E-state index in [0.717, 1.165) is 0 Å². The summed E-state index contributed by atoms with van der Waals surface area (Å²) in [6, 6.07) is -0.157. The third kappa shape index (κ3) is 271. The molecule has 0 bridgehead atoms. The molecule has 0 rings (SSSR count). The van der Waals surface area contributed by atoms with E-state index >= 15 is 0 Å². The number of urea groups is 1. The van der Waals surface area contributed by atoms with E-state index in [1.54, 1.807) is 68.7 Å². The molecule has 0 unspecified atom stereocenters. The number of nitrogens with one attached hydrogen (secondary N) is 3. The Labute approximate surface area is 240 Å². The zero-order valence-electron chi connectivity index (χ0n) is 26.5. The van der Waals surface area contributed by atoms with Gasteiger partial charge in [0, 0.05) is 57.3 Å². The molecule has 0 aliphatic heterocycles. The monoisotopic (exact) mass is 615 g/mol. The highest BCUT2D eigenvalue weighted by Gasteiger charge is 1.99. The van der Waals surface area contributed by atoms with Crippen LogP contribution in [-0.4, -0.2) is 114 Å². The second-order valence-corrected chi connectivity index (χ2v) is 16.6. The molecule has 3 amide bonds. The van der Waals surface area contributed by atoms with E-state index in [-0.39, 0.29) is 17.9 Å². The van der Waals surface area contributed by atoms with Gasteiger partial charge in [0.15, 0.2) is 0 Å². The number of ether oxygens (including phenoxy) is 4. The summed E-state index contributed by atoms with van der Waals surface area (Å²) in [6.45, 7) is 12.1. The fourth-order valence-electron chi connectivity index (χ4n) is 0.208. The Hall–Kier alpha value is -1.29. The summed E-state index contributed by atoms with van der Waals surface area (Å²) >= 11 is 1.75. The second-order valence-electron chi connectivity index (χ2n) is 7.14. The lowest BCUT2D eigenvalue weighted by Crippen LogP contribution is -2.28. The van der Waals surface area contributed by atoms with Crippen LogP contribution >= 0.6 is 33.3 Å². The van der Waals surface area contributed by atoms with Crippen LogP contribution in [0.2, 0.25) is 26.2 Å². The Morgan fingerprint density at radius 3 is 0.811 bits per heavy atom. The standard InChI is InChI=1S/C4H12Si.C3H8N2O.C3H7NO.C3H6O3.C3H6O2.C2H6O.C2H6S2.C2H6S/c1-5(2,3)4;1-4-3(6)5-2;1-3(5)4-2;1-5-3(4)6-2;1-3(4)5-2;1-3-2;1-3-4-2;1-3-2/h1-4H3;1-2H3,(H2,4,5,6);1-2H3,(H,4,5);1-2H3;1-2H3;1-2H3;1-2H3;1-2H3. The molecule has 0 fully saturated rings. The highest BCUT2D eigenvalue weighted by molar-refractivity contribution is 8.76. The molecule has 0 atom stereocenters. The van der Waals surface area contributed by atoms with Crippen LogP contribution in [0.4, 0.5) is 9.59 Å². The first-order valence-electron chi connectivity index (χ1n) is 10.5. The summed E-state index contributed by atoms with van der Waals surface area (Å²) in [5.74, 6) is -0.241. The van der Waals surface area contributed by atoms with Crippen LogP contribution in [0.15, 0.2) is 0 Å². The Morgan fingerprint density at radius 1 is 0.622 bits per heavy atom. The molecule has 0 aromatic heterocycles. The predicted molar refractivity (Wildman–Crippen MR) is 169 cm³/mol. The molecule has 11 nitrogen and oxygen atoms in total. The van der Waals surface area contributed by atoms with Gasteiger partial charge in [-0.05, 0) is 25.0 Å². The quantitative estimate of drug-likeness (QED) is 0.215. The predicted octanol–water partition coefficient (Wildman–Crippen LogP) is 4.70. The number of hydrogen-bond donors (Lipinski definition) is 3. The van der Waals surface area contributed by atoms with E-state index in [1.807, 2.05) is 12.5 Å². The average molecular weight is 616 g/mol. The minimum absolute atomic E-state index is 0.00463. The summed E-state index contributed by atoms with van der Waals surface area (Å²) in [5.41, 5.74) is 0. The number of esters is 1. The van der Waals surface area contributed by atoms with Crippen molar-refractivity contribution in [3.05, 3.63) is 0 Å². The molecule has 0 aromatic carbocycles. The van der Waals surface area contributed by atoms with Gasteiger partial charge in [0.25, 0.3) is 0 Å². The fraction of sp³-hybridized carbons (Fsp3) is 0.818. The van der Waals surface area contributed by atoms with E-state index < -0.39 is 14.2 Å². The summed E-state index contributed by atoms with van der Waals surface area (Å²) < 4.78 is 16.4. The van der Waals surface area contributed by atoms with Crippen molar-refractivity contribution in [3.8, 4) is 0 Å². The summed E-state index contributed by atoms with van der Waals surface area (Å²) in [7, 11) is 14.8. The first kappa shape index (κ1) is 56.0. The number of carbonyl (C=O) groups excluding carboxylic acids is 4. The average Bonchev–Trinajstić information content (AvgIpc) is 2.84. The molecule has 0 spiro atoms. The van der Waals surface area contributed by atoms with Gasteiger partial charge in [0.2, 0.25) is 5.91 Å². The van der Waals surface area contributed by atoms with Gasteiger partial charge in [-0.3, -0.25) is 9.59 Å². The third-order valence-electron chi connectivity index (χ3n) is 1.59. The molecule has 0 saturated heterocycles. The Bertz CT molecular complexity index is 409. The fourth-order valence-corrected chi connectivity index (χ4v) is 0.208. The molecule has 230 valence electrons. The van der Waals surface area contributed by atoms with Crippen molar-refractivity contribution in [1.82, 2.24) is 16.0 Å². The topological polar surface area (TPSA) is 141 Å². The summed E-state index contributed by atoms with van der Waals surface area (Å²) in [5, 5.41) is 7.12. The Morgan fingerprint density at radius 2 is 0.811 bits per heavy atom. The highest BCUT2D eigenvalue weighted by atomic mass is 33.1. The molecule has 0 aliphatic rings. The van der Waals surface area contributed by atoms with Crippen LogP contribution in [0.25, 0.3) is 0 Å². The molecule has 0 aromatic rings. The van der Waals surface area contributed by atoms with E-state index in [2.05, 4.69) is 73.6 Å². The first-order valence-corrected chi connectivity index (χ1v) is 19.1. The maximum Gasteiger partial charge on any atom is 0.507 e. The molecule has 3 N–H and O–H groups in total. The van der Waals surface area contributed by atoms with E-state index in [4.69, 9.17) is 0 Å². The Balaban J connectivity index is -0.0000000438. The van der Waals surface area contributed by atoms with Gasteiger partial charge in [0.05, 0.1) is 21.3 Å². The largest absolute Gasteiger partial charge is 0.507 e. The summed E-state index contributed by atoms with van der Waals surface area (Å²) in [4.78, 5) is 39.0. The van der Waals surface area contributed by atoms with Crippen molar-refractivity contribution in [3.63, 3.8) is 0 Å². The van der Waals surface area contributed by atoms with E-state index in [1.165, 1.54) is 35.2 Å². The van der Waals surface area contributed by atoms with Crippen LogP contribution in [0.3, 0.4) is 0 Å². The summed E-state index contributed by atoms with van der Waals surface area (Å²) in [6.07, 6.45) is 7.55. The van der Waals surface area contributed by atoms with E-state index in [0.29, 0.717) is 0 Å². The van der Waals surface area contributed by atoms with E-state index in [9.17, 15) is 19.2 Å². The van der Waals surface area contributed by atoms with Gasteiger partial charge in [-0.25, -0.2) is 9.59 Å². The number of thioether (sulfide) groups is 1. The first-order chi connectivity index (χ1) is 16.9. The van der Waals surface area contributed by atoms with Gasteiger partial charge >= 0.3 is 18.2 Å². The van der Waals surface area contributed by atoms with Crippen molar-refractivity contribution in [1.29, 1.82) is 0 Å². The maximum atomic E-state index is 9.96. The molecule has 15 heteroatoms. The zero-order valence-corrected chi connectivity index (χ0v) is 29.9. The second kappa shape index (κ2) is 55.3. The SMILES string of the molecule is CNC(=O)NC.CNC(C)=O.COC.COC(=O)OC.COC(C)=O.CSC.CSSC.C[Si](C)(C)C. The van der Waals surface area contributed by atoms with Gasteiger partial charge in [0.1, 0.15) is 0 Å². The van der Waals surface area contributed by atoms with Crippen LogP contribution in [0.5, 0.6) is 0 Å². The molecular formula is C22H57N3O8S3Si. The van der Waals surface area contributed by atoms with Crippen molar-refractivity contribution in [2.45, 2.75) is 40.0 Å². The number of methoxy groups -OCH3 is 4. The lowest BCUT2D eigenvalue weighted by atomic mass is 10.7. The highest BCUT2D eigenvalue weighted by Crippen LogP contribution is 2.09. The number of rotatable bonds is 1. The number of hydrogen-bond acceptors (Lipinski definition) is 11. The van der Waals surface area contributed by atoms with Gasteiger partial charge in [-0.2, -0.15) is 11.8 Å². The maximum absolute atomic E-state index is 9.96. The van der Waals surface area contributed by atoms with Crippen LogP contribution < -0.4 is 16.0 Å². The lowest BCUT2D eigenvalue weighted by Gasteiger charge is -2.01. The van der Waals surface area contributed by atoms with Crippen LogP contribution in [0.1, 0.15) is 13.8 Å². The van der Waals surface area contributed by atoms with Crippen molar-refractivity contribution in [2.24, 2.45) is 0 Å². The van der Waals surface area contributed by atoms with Crippen molar-refractivity contribution >= 4 is 65.5 Å². The van der Waals surface area contributed by atoms with Crippen LogP contribution in [-0.2, 0) is 28.5 Å². The molecule has 0 aliphatic carbocycles. The zero-order chi connectivity index (χ0) is 31.9. The molecule has 0 heterocycles. The lowest BCUT2D eigenvalue weighted by molar-refractivity contribution is -0.138. The third-order valence-corrected chi connectivity index (χ3v) is 2.93. The normalized spacial score (nSPS) is 7.51. The number of carbonyl (C=O) groups is 4. The molecule has 37 heavy (non-hydrogen) atoms. The van der Waals surface area contributed by atoms with Gasteiger partial charge in [-0.1, -0.05) is 47.8 Å². The number of amides is 3. The smallest absolute Gasteiger partial charge is 0.469 e. The van der Waals surface area contributed by atoms with Crippen molar-refractivity contribution < 1.29 is 38.1 Å². The molecule has 0 saturated carbocycles. The van der Waals surface area contributed by atoms with Gasteiger partial charge in [-0.15, -0.1) is 0 Å². The molecular weight excluding hydrogens is 559 g/mol. The van der Waals surface area contributed by atoms with Crippen molar-refractivity contribution in [2.75, 3.05) is 81.7 Å². The van der Waals surface area contributed by atoms with Crippen LogP contribution in [0, 0.1) is 0 Å². The minimum atomic E-state index is -0.657.